The minimum absolute atomic E-state index is 0.0977. The van der Waals surface area contributed by atoms with Crippen LogP contribution in [0.4, 0.5) is 0 Å². The molecule has 1 atom stereocenters. The summed E-state index contributed by atoms with van der Waals surface area (Å²) < 4.78 is 5.77. The number of nitrogens with one attached hydrogen (secondary N) is 1. The zero-order chi connectivity index (χ0) is 15.5. The summed E-state index contributed by atoms with van der Waals surface area (Å²) >= 11 is 0. The lowest BCUT2D eigenvalue weighted by Gasteiger charge is -2.32. The van der Waals surface area contributed by atoms with Crippen LogP contribution < -0.4 is 0 Å². The van der Waals surface area contributed by atoms with E-state index in [1.807, 2.05) is 19.1 Å². The summed E-state index contributed by atoms with van der Waals surface area (Å²) in [6.07, 6.45) is 1.69. The molecule has 0 saturated carbocycles. The second-order valence-corrected chi connectivity index (χ2v) is 5.51. The van der Waals surface area contributed by atoms with Crippen molar-refractivity contribution in [2.24, 2.45) is 0 Å². The standard InChI is InChI=1S/C16H19N3O3/c1-11-8-17-15(18-11)14-10-19(6-7-22-14)9-12-4-2-3-5-13(12)16(20)21/h2-5,8,14H,6-7,9-10H2,1H3,(H,17,18)(H,20,21)/t14-/m1/s1. The zero-order valence-corrected chi connectivity index (χ0v) is 12.5. The Morgan fingerprint density at radius 2 is 2.32 bits per heavy atom. The number of imidazole rings is 1. The number of H-pyrrole nitrogens is 1. The topological polar surface area (TPSA) is 78.5 Å². The molecule has 22 heavy (non-hydrogen) atoms. The predicted molar refractivity (Wildman–Crippen MR) is 80.7 cm³/mol. The van der Waals surface area contributed by atoms with E-state index < -0.39 is 5.97 Å². The summed E-state index contributed by atoms with van der Waals surface area (Å²) in [6.45, 7) is 4.65. The fourth-order valence-electron chi connectivity index (χ4n) is 2.72. The first-order valence-corrected chi connectivity index (χ1v) is 7.30. The van der Waals surface area contributed by atoms with Gasteiger partial charge in [0.1, 0.15) is 11.9 Å². The number of nitrogens with zero attached hydrogens (tertiary/aromatic N) is 2. The second kappa shape index (κ2) is 6.29. The summed E-state index contributed by atoms with van der Waals surface area (Å²) in [5.41, 5.74) is 2.19. The summed E-state index contributed by atoms with van der Waals surface area (Å²) in [5, 5.41) is 9.27. The van der Waals surface area contributed by atoms with E-state index in [0.717, 1.165) is 23.6 Å². The molecule has 0 unspecified atom stereocenters. The van der Waals surface area contributed by atoms with E-state index in [2.05, 4.69) is 14.9 Å². The van der Waals surface area contributed by atoms with Crippen LogP contribution in [-0.2, 0) is 11.3 Å². The number of hydrogen-bond acceptors (Lipinski definition) is 4. The van der Waals surface area contributed by atoms with Crippen LogP contribution in [0.15, 0.2) is 30.5 Å². The molecule has 0 radical (unpaired) electrons. The highest BCUT2D eigenvalue weighted by molar-refractivity contribution is 5.89. The molecule has 2 N–H and O–H groups in total. The van der Waals surface area contributed by atoms with Crippen molar-refractivity contribution in [1.29, 1.82) is 0 Å². The lowest BCUT2D eigenvalue weighted by molar-refractivity contribution is -0.0369. The lowest BCUT2D eigenvalue weighted by atomic mass is 10.1. The molecule has 3 rings (SSSR count). The van der Waals surface area contributed by atoms with Crippen LogP contribution in [0.5, 0.6) is 0 Å². The van der Waals surface area contributed by atoms with Gasteiger partial charge in [-0.3, -0.25) is 4.90 Å². The monoisotopic (exact) mass is 301 g/mol. The summed E-state index contributed by atoms with van der Waals surface area (Å²) in [7, 11) is 0. The van der Waals surface area contributed by atoms with E-state index >= 15 is 0 Å². The Kier molecular flexibility index (Phi) is 4.22. The zero-order valence-electron chi connectivity index (χ0n) is 12.5. The van der Waals surface area contributed by atoms with Gasteiger partial charge in [-0.25, -0.2) is 9.78 Å². The van der Waals surface area contributed by atoms with Gasteiger partial charge in [0, 0.05) is 31.5 Å². The number of aromatic amines is 1. The SMILES string of the molecule is Cc1cnc([C@H]2CN(Cc3ccccc3C(=O)O)CCO2)[nH]1. The van der Waals surface area contributed by atoms with Gasteiger partial charge >= 0.3 is 5.97 Å². The van der Waals surface area contributed by atoms with Gasteiger partial charge < -0.3 is 14.8 Å². The quantitative estimate of drug-likeness (QED) is 0.903. The summed E-state index contributed by atoms with van der Waals surface area (Å²) in [5.74, 6) is -0.0595. The van der Waals surface area contributed by atoms with Gasteiger partial charge in [0.05, 0.1) is 12.2 Å². The highest BCUT2D eigenvalue weighted by Gasteiger charge is 2.25. The highest BCUT2D eigenvalue weighted by Crippen LogP contribution is 2.22. The Morgan fingerprint density at radius 1 is 1.50 bits per heavy atom. The van der Waals surface area contributed by atoms with Crippen molar-refractivity contribution in [2.45, 2.75) is 19.6 Å². The average Bonchev–Trinajstić information content (AvgIpc) is 2.94. The Bertz CT molecular complexity index is 668. The number of benzene rings is 1. The van der Waals surface area contributed by atoms with Gasteiger partial charge in [0.25, 0.3) is 0 Å². The Labute approximate surface area is 128 Å². The van der Waals surface area contributed by atoms with Crippen LogP contribution in [0.3, 0.4) is 0 Å². The third-order valence-corrected chi connectivity index (χ3v) is 3.82. The lowest BCUT2D eigenvalue weighted by Crippen LogP contribution is -2.38. The first kappa shape index (κ1) is 14.7. The molecule has 2 aromatic rings. The van der Waals surface area contributed by atoms with Crippen molar-refractivity contribution in [3.05, 3.63) is 53.1 Å². The number of carboxylic acid groups (broad SMARTS) is 1. The first-order valence-electron chi connectivity index (χ1n) is 7.30. The van der Waals surface area contributed by atoms with E-state index in [9.17, 15) is 9.90 Å². The van der Waals surface area contributed by atoms with Gasteiger partial charge in [0.15, 0.2) is 0 Å². The highest BCUT2D eigenvalue weighted by atomic mass is 16.5. The first-order chi connectivity index (χ1) is 10.6. The maximum Gasteiger partial charge on any atom is 0.336 e. The number of hydrogen-bond donors (Lipinski definition) is 2. The van der Waals surface area contributed by atoms with Crippen LogP contribution in [-0.4, -0.2) is 45.6 Å². The molecule has 1 fully saturated rings. The minimum atomic E-state index is -0.887. The fourth-order valence-corrected chi connectivity index (χ4v) is 2.72. The smallest absolute Gasteiger partial charge is 0.336 e. The predicted octanol–water partition coefficient (Wildman–Crippen LogP) is 1.99. The van der Waals surface area contributed by atoms with Crippen molar-refractivity contribution < 1.29 is 14.6 Å². The number of morpholine rings is 1. The van der Waals surface area contributed by atoms with E-state index in [1.165, 1.54) is 0 Å². The second-order valence-electron chi connectivity index (χ2n) is 5.51. The molecule has 0 aliphatic carbocycles. The number of ether oxygens (including phenoxy) is 1. The van der Waals surface area contributed by atoms with Crippen LogP contribution in [0.1, 0.15) is 33.5 Å². The van der Waals surface area contributed by atoms with Gasteiger partial charge in [-0.15, -0.1) is 0 Å². The number of aryl methyl sites for hydroxylation is 1. The number of aromatic nitrogens is 2. The fraction of sp³-hybridized carbons (Fsp3) is 0.375. The van der Waals surface area contributed by atoms with Crippen molar-refractivity contribution in [1.82, 2.24) is 14.9 Å². The number of carboxylic acids is 1. The molecule has 6 nitrogen and oxygen atoms in total. The maximum absolute atomic E-state index is 11.3. The summed E-state index contributed by atoms with van der Waals surface area (Å²) in [4.78, 5) is 21.0. The molecular weight excluding hydrogens is 282 g/mol. The molecule has 0 spiro atoms. The Hall–Kier alpha value is -2.18. The number of rotatable bonds is 4. The third-order valence-electron chi connectivity index (χ3n) is 3.82. The molecule has 0 bridgehead atoms. The van der Waals surface area contributed by atoms with Gasteiger partial charge in [0.2, 0.25) is 0 Å². The number of carbonyl (C=O) groups is 1. The average molecular weight is 301 g/mol. The Balaban J connectivity index is 1.72. The molecule has 1 aliphatic heterocycles. The molecule has 2 heterocycles. The molecule has 0 amide bonds. The normalized spacial score (nSPS) is 19.2. The molecule has 116 valence electrons. The van der Waals surface area contributed by atoms with E-state index in [1.54, 1.807) is 18.3 Å². The van der Waals surface area contributed by atoms with Crippen LogP contribution in [0.2, 0.25) is 0 Å². The van der Waals surface area contributed by atoms with Gasteiger partial charge in [-0.1, -0.05) is 18.2 Å². The van der Waals surface area contributed by atoms with Gasteiger partial charge in [-0.2, -0.15) is 0 Å². The van der Waals surface area contributed by atoms with Crippen molar-refractivity contribution in [2.75, 3.05) is 19.7 Å². The van der Waals surface area contributed by atoms with E-state index in [4.69, 9.17) is 4.74 Å². The van der Waals surface area contributed by atoms with E-state index in [-0.39, 0.29) is 6.10 Å². The Morgan fingerprint density at radius 3 is 3.05 bits per heavy atom. The summed E-state index contributed by atoms with van der Waals surface area (Å²) in [6, 6.07) is 7.13. The molecular formula is C16H19N3O3. The molecule has 1 aromatic carbocycles. The third kappa shape index (κ3) is 3.18. The minimum Gasteiger partial charge on any atom is -0.478 e. The molecule has 1 saturated heterocycles. The molecule has 1 aromatic heterocycles. The van der Waals surface area contributed by atoms with Crippen LogP contribution in [0, 0.1) is 6.92 Å². The largest absolute Gasteiger partial charge is 0.478 e. The molecule has 6 heteroatoms. The van der Waals surface area contributed by atoms with Gasteiger partial charge in [-0.05, 0) is 18.6 Å². The van der Waals surface area contributed by atoms with Crippen LogP contribution >= 0.6 is 0 Å². The van der Waals surface area contributed by atoms with Crippen molar-refractivity contribution in [3.8, 4) is 0 Å². The van der Waals surface area contributed by atoms with E-state index in [0.29, 0.717) is 25.3 Å². The molecule has 1 aliphatic rings. The van der Waals surface area contributed by atoms with Crippen molar-refractivity contribution >= 4 is 5.97 Å². The number of aromatic carboxylic acids is 1. The van der Waals surface area contributed by atoms with Crippen LogP contribution in [0.25, 0.3) is 0 Å². The van der Waals surface area contributed by atoms with Crippen molar-refractivity contribution in [3.63, 3.8) is 0 Å². The maximum atomic E-state index is 11.3.